The molecular formula is C18H20OSe. The molecule has 1 atom stereocenters. The number of benzene rings is 2. The molecule has 1 aliphatic rings. The molecule has 0 amide bonds. The molecule has 1 nitrogen and oxygen atoms in total. The molecule has 1 unspecified atom stereocenters. The third-order valence-corrected chi connectivity index (χ3v) is 6.55. The molecule has 2 aromatic rings. The summed E-state index contributed by atoms with van der Waals surface area (Å²) >= 11 is 0.424. The second-order valence-electron chi connectivity index (χ2n) is 5.54. The van der Waals surface area contributed by atoms with Crippen molar-refractivity contribution < 1.29 is 5.11 Å². The predicted octanol–water partition coefficient (Wildman–Crippen LogP) is 3.13. The zero-order chi connectivity index (χ0) is 13.8. The molecule has 2 heteroatoms. The molecule has 3 rings (SSSR count). The van der Waals surface area contributed by atoms with Crippen LogP contribution in [0.3, 0.4) is 0 Å². The molecule has 2 aromatic carbocycles. The van der Waals surface area contributed by atoms with Crippen molar-refractivity contribution in [2.75, 3.05) is 0 Å². The molecule has 0 heterocycles. The second-order valence-corrected chi connectivity index (χ2v) is 7.84. The van der Waals surface area contributed by atoms with Crippen LogP contribution >= 0.6 is 0 Å². The topological polar surface area (TPSA) is 20.2 Å². The average Bonchev–Trinajstić information content (AvgIpc) is 2.48. The molecule has 104 valence electrons. The molecule has 1 aliphatic carbocycles. The predicted molar refractivity (Wildman–Crippen MR) is 84.6 cm³/mol. The van der Waals surface area contributed by atoms with Gasteiger partial charge in [-0.15, -0.1) is 0 Å². The van der Waals surface area contributed by atoms with Gasteiger partial charge in [0.1, 0.15) is 0 Å². The Balaban J connectivity index is 1.76. The molecule has 0 aliphatic heterocycles. The first-order valence-corrected chi connectivity index (χ1v) is 9.30. The van der Waals surface area contributed by atoms with Crippen LogP contribution in [-0.2, 0) is 0 Å². The van der Waals surface area contributed by atoms with Crippen LogP contribution in [0, 0.1) is 0 Å². The van der Waals surface area contributed by atoms with Crippen LogP contribution in [0.25, 0.3) is 0 Å². The van der Waals surface area contributed by atoms with Crippen LogP contribution in [0.4, 0.5) is 0 Å². The summed E-state index contributed by atoms with van der Waals surface area (Å²) in [5.41, 5.74) is 0.838. The summed E-state index contributed by atoms with van der Waals surface area (Å²) in [4.78, 5) is 0. The second kappa shape index (κ2) is 6.13. The number of hydrogen-bond donors (Lipinski definition) is 1. The maximum atomic E-state index is 10.8. The summed E-state index contributed by atoms with van der Waals surface area (Å²) < 4.78 is 1.42. The minimum absolute atomic E-state index is 0.289. The number of aliphatic hydroxyl groups is 1. The van der Waals surface area contributed by atoms with Crippen molar-refractivity contribution in [2.45, 2.75) is 36.1 Å². The van der Waals surface area contributed by atoms with Gasteiger partial charge in [0.05, 0.1) is 0 Å². The molecule has 20 heavy (non-hydrogen) atoms. The van der Waals surface area contributed by atoms with Gasteiger partial charge in [-0.3, -0.25) is 0 Å². The monoisotopic (exact) mass is 332 g/mol. The summed E-state index contributed by atoms with van der Waals surface area (Å²) in [6.45, 7) is 0. The fourth-order valence-electron chi connectivity index (χ4n) is 2.83. The first-order valence-electron chi connectivity index (χ1n) is 7.23. The zero-order valence-electron chi connectivity index (χ0n) is 11.5. The SMILES string of the molecule is OC1(C(C[Se]c2ccccc2)c2ccccc2)CCC1. The van der Waals surface area contributed by atoms with Gasteiger partial charge in [-0.05, 0) is 0 Å². The molecule has 1 saturated carbocycles. The van der Waals surface area contributed by atoms with Gasteiger partial charge >= 0.3 is 127 Å². The van der Waals surface area contributed by atoms with Crippen molar-refractivity contribution in [3.8, 4) is 0 Å². The van der Waals surface area contributed by atoms with Gasteiger partial charge in [-0.2, -0.15) is 0 Å². The Bertz CT molecular complexity index is 534. The normalized spacial score (nSPS) is 18.2. The molecule has 0 bridgehead atoms. The van der Waals surface area contributed by atoms with Gasteiger partial charge in [0, 0.05) is 0 Å². The third kappa shape index (κ3) is 2.98. The van der Waals surface area contributed by atoms with E-state index in [1.165, 1.54) is 10.0 Å². The van der Waals surface area contributed by atoms with E-state index in [0.717, 1.165) is 24.6 Å². The van der Waals surface area contributed by atoms with Crippen LogP contribution in [0.2, 0.25) is 5.32 Å². The minimum atomic E-state index is -0.460. The summed E-state index contributed by atoms with van der Waals surface area (Å²) in [7, 11) is 0. The van der Waals surface area contributed by atoms with E-state index in [1.807, 2.05) is 6.07 Å². The molecule has 0 saturated heterocycles. The van der Waals surface area contributed by atoms with Gasteiger partial charge in [0.15, 0.2) is 0 Å². The van der Waals surface area contributed by atoms with Crippen LogP contribution < -0.4 is 4.46 Å². The van der Waals surface area contributed by atoms with E-state index in [1.54, 1.807) is 0 Å². The Kier molecular flexibility index (Phi) is 4.26. The molecule has 0 spiro atoms. The average molecular weight is 331 g/mol. The van der Waals surface area contributed by atoms with Gasteiger partial charge in [0.2, 0.25) is 0 Å². The third-order valence-electron chi connectivity index (χ3n) is 4.23. The van der Waals surface area contributed by atoms with E-state index in [2.05, 4.69) is 54.6 Å². The van der Waals surface area contributed by atoms with Crippen LogP contribution in [0.5, 0.6) is 0 Å². The van der Waals surface area contributed by atoms with Gasteiger partial charge in [0.25, 0.3) is 0 Å². The van der Waals surface area contributed by atoms with Crippen molar-refractivity contribution in [1.29, 1.82) is 0 Å². The van der Waals surface area contributed by atoms with Crippen molar-refractivity contribution in [2.24, 2.45) is 0 Å². The molecule has 0 aromatic heterocycles. The van der Waals surface area contributed by atoms with E-state index in [4.69, 9.17) is 0 Å². The van der Waals surface area contributed by atoms with Crippen LogP contribution in [0.1, 0.15) is 30.7 Å². The molecule has 1 fully saturated rings. The van der Waals surface area contributed by atoms with Crippen molar-refractivity contribution in [1.82, 2.24) is 0 Å². The summed E-state index contributed by atoms with van der Waals surface area (Å²) in [6.07, 6.45) is 3.08. The van der Waals surface area contributed by atoms with Gasteiger partial charge < -0.3 is 0 Å². The standard InChI is InChI=1S/C18H20OSe/c19-18(12-7-13-18)17(15-8-3-1-4-9-15)14-20-16-10-5-2-6-11-16/h1-6,8-11,17,19H,7,12-14H2. The first-order chi connectivity index (χ1) is 9.78. The number of hydrogen-bond acceptors (Lipinski definition) is 1. The van der Waals surface area contributed by atoms with E-state index >= 15 is 0 Å². The summed E-state index contributed by atoms with van der Waals surface area (Å²) in [5.74, 6) is 0.289. The van der Waals surface area contributed by atoms with Gasteiger partial charge in [-0.25, -0.2) is 0 Å². The Labute approximate surface area is 127 Å². The first kappa shape index (κ1) is 13.9. The fraction of sp³-hybridized carbons (Fsp3) is 0.333. The van der Waals surface area contributed by atoms with Crippen LogP contribution in [0.15, 0.2) is 60.7 Å². The summed E-state index contributed by atoms with van der Waals surface area (Å²) in [5, 5.41) is 11.9. The maximum absolute atomic E-state index is 10.8. The summed E-state index contributed by atoms with van der Waals surface area (Å²) in [6, 6.07) is 21.2. The van der Waals surface area contributed by atoms with E-state index in [0.29, 0.717) is 15.0 Å². The quantitative estimate of drug-likeness (QED) is 0.835. The Hall–Kier alpha value is -1.08. The zero-order valence-corrected chi connectivity index (χ0v) is 13.2. The van der Waals surface area contributed by atoms with Crippen molar-refractivity contribution in [3.05, 3.63) is 66.2 Å². The molecular weight excluding hydrogens is 311 g/mol. The molecule has 1 N–H and O–H groups in total. The van der Waals surface area contributed by atoms with E-state index in [-0.39, 0.29) is 5.92 Å². The fourth-order valence-corrected chi connectivity index (χ4v) is 5.37. The van der Waals surface area contributed by atoms with Crippen LogP contribution in [-0.4, -0.2) is 25.7 Å². The molecule has 0 radical (unpaired) electrons. The van der Waals surface area contributed by atoms with Crippen molar-refractivity contribution >= 4 is 19.4 Å². The Morgan fingerprint density at radius 1 is 0.950 bits per heavy atom. The van der Waals surface area contributed by atoms with Gasteiger partial charge in [-0.1, -0.05) is 0 Å². The van der Waals surface area contributed by atoms with Crippen molar-refractivity contribution in [3.63, 3.8) is 0 Å². The Morgan fingerprint density at radius 2 is 1.55 bits per heavy atom. The van der Waals surface area contributed by atoms with E-state index < -0.39 is 5.60 Å². The Morgan fingerprint density at radius 3 is 2.10 bits per heavy atom. The number of rotatable bonds is 5. The van der Waals surface area contributed by atoms with E-state index in [9.17, 15) is 5.11 Å².